The van der Waals surface area contributed by atoms with E-state index in [0.29, 0.717) is 21.9 Å². The van der Waals surface area contributed by atoms with Gasteiger partial charge in [-0.1, -0.05) is 58.4 Å². The van der Waals surface area contributed by atoms with Gasteiger partial charge in [0.2, 0.25) is 0 Å². The first-order valence-corrected chi connectivity index (χ1v) is 9.28. The standard InChI is InChI=1S/C19H15Br2ClO3/c1-2-9-24-18(23)8-7-13-10-16(21)19(17(22)11-13)25-12-14-5-3-4-6-15(14)20/h2-8,10-11H,1,9,12H2/b8-7+. The Morgan fingerprint density at radius 2 is 1.96 bits per heavy atom. The summed E-state index contributed by atoms with van der Waals surface area (Å²) in [7, 11) is 0. The molecular weight excluding hydrogens is 471 g/mol. The number of carbonyl (C=O) groups excluding carboxylic acids is 1. The van der Waals surface area contributed by atoms with Crippen LogP contribution in [0.1, 0.15) is 11.1 Å². The van der Waals surface area contributed by atoms with Crippen molar-refractivity contribution in [2.75, 3.05) is 6.61 Å². The lowest BCUT2D eigenvalue weighted by Crippen LogP contribution is -1.99. The molecule has 0 N–H and O–H groups in total. The fourth-order valence-corrected chi connectivity index (χ4v) is 3.32. The van der Waals surface area contributed by atoms with Crippen molar-refractivity contribution < 1.29 is 14.3 Å². The molecule has 0 fully saturated rings. The Morgan fingerprint density at radius 1 is 1.20 bits per heavy atom. The number of hydrogen-bond acceptors (Lipinski definition) is 3. The van der Waals surface area contributed by atoms with Gasteiger partial charge in [0.05, 0.1) is 9.50 Å². The second kappa shape index (κ2) is 9.80. The van der Waals surface area contributed by atoms with E-state index >= 15 is 0 Å². The average molecular weight is 487 g/mol. The molecular formula is C19H15Br2ClO3. The topological polar surface area (TPSA) is 35.5 Å². The highest BCUT2D eigenvalue weighted by atomic mass is 79.9. The molecule has 2 aromatic carbocycles. The zero-order valence-corrected chi connectivity index (χ0v) is 17.1. The number of ether oxygens (including phenoxy) is 2. The number of carbonyl (C=O) groups is 1. The molecule has 130 valence electrons. The maximum Gasteiger partial charge on any atom is 0.331 e. The summed E-state index contributed by atoms with van der Waals surface area (Å²) < 4.78 is 12.4. The predicted octanol–water partition coefficient (Wildman–Crippen LogP) is 6.19. The molecule has 6 heteroatoms. The van der Waals surface area contributed by atoms with Crippen LogP contribution < -0.4 is 4.74 Å². The van der Waals surface area contributed by atoms with E-state index in [9.17, 15) is 4.79 Å². The molecule has 0 spiro atoms. The summed E-state index contributed by atoms with van der Waals surface area (Å²) in [5.74, 6) is 0.102. The maximum atomic E-state index is 11.5. The molecule has 0 saturated heterocycles. The average Bonchev–Trinajstić information content (AvgIpc) is 2.59. The van der Waals surface area contributed by atoms with Crippen molar-refractivity contribution in [1.82, 2.24) is 0 Å². The summed E-state index contributed by atoms with van der Waals surface area (Å²) in [4.78, 5) is 11.5. The van der Waals surface area contributed by atoms with Crippen molar-refractivity contribution in [3.05, 3.63) is 80.2 Å². The Bertz CT molecular complexity index is 780. The predicted molar refractivity (Wildman–Crippen MR) is 108 cm³/mol. The highest BCUT2D eigenvalue weighted by Gasteiger charge is 2.10. The lowest BCUT2D eigenvalue weighted by Gasteiger charge is -2.12. The Hall–Kier alpha value is -1.56. The first-order valence-electron chi connectivity index (χ1n) is 7.32. The molecule has 0 radical (unpaired) electrons. The van der Waals surface area contributed by atoms with Crippen LogP contribution in [0.5, 0.6) is 5.75 Å². The number of rotatable bonds is 7. The van der Waals surface area contributed by atoms with Crippen LogP contribution >= 0.6 is 43.5 Å². The van der Waals surface area contributed by atoms with Crippen LogP contribution in [0.25, 0.3) is 6.08 Å². The minimum atomic E-state index is -0.443. The Morgan fingerprint density at radius 3 is 2.64 bits per heavy atom. The lowest BCUT2D eigenvalue weighted by molar-refractivity contribution is -0.136. The van der Waals surface area contributed by atoms with Gasteiger partial charge < -0.3 is 9.47 Å². The normalized spacial score (nSPS) is 10.7. The van der Waals surface area contributed by atoms with E-state index in [1.807, 2.05) is 30.3 Å². The fourth-order valence-electron chi connectivity index (χ4n) is 1.93. The van der Waals surface area contributed by atoms with Gasteiger partial charge in [-0.05, 0) is 45.8 Å². The van der Waals surface area contributed by atoms with Gasteiger partial charge in [0.1, 0.15) is 13.2 Å². The van der Waals surface area contributed by atoms with E-state index in [2.05, 4.69) is 38.4 Å². The van der Waals surface area contributed by atoms with E-state index < -0.39 is 5.97 Å². The van der Waals surface area contributed by atoms with Crippen molar-refractivity contribution in [2.45, 2.75) is 6.61 Å². The molecule has 0 aliphatic carbocycles. The van der Waals surface area contributed by atoms with Crippen LogP contribution in [0, 0.1) is 0 Å². The monoisotopic (exact) mass is 484 g/mol. The van der Waals surface area contributed by atoms with E-state index in [1.54, 1.807) is 12.1 Å². The molecule has 3 nitrogen and oxygen atoms in total. The van der Waals surface area contributed by atoms with E-state index in [-0.39, 0.29) is 6.61 Å². The van der Waals surface area contributed by atoms with Gasteiger partial charge in [0.15, 0.2) is 5.75 Å². The van der Waals surface area contributed by atoms with Crippen molar-refractivity contribution in [3.8, 4) is 5.75 Å². The summed E-state index contributed by atoms with van der Waals surface area (Å²) in [5.41, 5.74) is 1.76. The van der Waals surface area contributed by atoms with Crippen LogP contribution in [0.3, 0.4) is 0 Å². The van der Waals surface area contributed by atoms with Crippen LogP contribution in [0.4, 0.5) is 0 Å². The summed E-state index contributed by atoms with van der Waals surface area (Å²) in [5, 5.41) is 0.445. The molecule has 2 aromatic rings. The van der Waals surface area contributed by atoms with Gasteiger partial charge >= 0.3 is 5.97 Å². The number of halogens is 3. The molecule has 0 aliphatic heterocycles. The van der Waals surface area contributed by atoms with Gasteiger partial charge in [-0.3, -0.25) is 0 Å². The highest BCUT2D eigenvalue weighted by molar-refractivity contribution is 9.10. The van der Waals surface area contributed by atoms with Crippen molar-refractivity contribution >= 4 is 55.5 Å². The first-order chi connectivity index (χ1) is 12.0. The van der Waals surface area contributed by atoms with E-state index in [1.165, 1.54) is 12.2 Å². The third-order valence-corrected chi connectivity index (χ3v) is 4.75. The van der Waals surface area contributed by atoms with Crippen molar-refractivity contribution in [2.24, 2.45) is 0 Å². The largest absolute Gasteiger partial charge is 0.486 e. The lowest BCUT2D eigenvalue weighted by atomic mass is 10.2. The minimum Gasteiger partial charge on any atom is -0.486 e. The van der Waals surface area contributed by atoms with Gasteiger partial charge in [-0.25, -0.2) is 4.79 Å². The summed E-state index contributed by atoms with van der Waals surface area (Å²) >= 11 is 13.3. The fraction of sp³-hybridized carbons (Fsp3) is 0.105. The summed E-state index contributed by atoms with van der Waals surface area (Å²) in [6.45, 7) is 4.04. The first kappa shape index (κ1) is 19.8. The third-order valence-electron chi connectivity index (χ3n) is 3.11. The number of esters is 1. The molecule has 0 saturated carbocycles. The molecule has 0 aliphatic rings. The second-order valence-electron chi connectivity index (χ2n) is 4.95. The Labute approximate surface area is 168 Å². The zero-order valence-electron chi connectivity index (χ0n) is 13.2. The second-order valence-corrected chi connectivity index (χ2v) is 7.06. The molecule has 2 rings (SSSR count). The molecule has 0 amide bonds. The third kappa shape index (κ3) is 6.03. The molecule has 0 bridgehead atoms. The van der Waals surface area contributed by atoms with Crippen LogP contribution in [0.2, 0.25) is 5.02 Å². The Balaban J connectivity index is 2.09. The SMILES string of the molecule is C=CCOC(=O)/C=C/c1cc(Cl)c(OCc2ccccc2Br)c(Br)c1. The number of benzene rings is 2. The smallest absolute Gasteiger partial charge is 0.331 e. The van der Waals surface area contributed by atoms with Crippen LogP contribution in [0.15, 0.2) is 64.1 Å². The number of hydrogen-bond donors (Lipinski definition) is 0. The van der Waals surface area contributed by atoms with Crippen molar-refractivity contribution in [3.63, 3.8) is 0 Å². The molecule has 0 atom stereocenters. The summed E-state index contributed by atoms with van der Waals surface area (Å²) in [6.07, 6.45) is 4.47. The molecule has 0 heterocycles. The summed E-state index contributed by atoms with van der Waals surface area (Å²) in [6, 6.07) is 11.3. The maximum absolute atomic E-state index is 11.5. The quantitative estimate of drug-likeness (QED) is 0.266. The van der Waals surface area contributed by atoms with Crippen LogP contribution in [-0.4, -0.2) is 12.6 Å². The van der Waals surface area contributed by atoms with Gasteiger partial charge in [-0.15, -0.1) is 0 Å². The van der Waals surface area contributed by atoms with Gasteiger partial charge in [0.25, 0.3) is 0 Å². The van der Waals surface area contributed by atoms with Gasteiger partial charge in [-0.2, -0.15) is 0 Å². The molecule has 0 unspecified atom stereocenters. The van der Waals surface area contributed by atoms with Crippen LogP contribution in [-0.2, 0) is 16.1 Å². The van der Waals surface area contributed by atoms with Gasteiger partial charge in [0, 0.05) is 16.1 Å². The zero-order chi connectivity index (χ0) is 18.2. The highest BCUT2D eigenvalue weighted by Crippen LogP contribution is 2.35. The Kier molecular flexibility index (Phi) is 7.75. The molecule has 25 heavy (non-hydrogen) atoms. The van der Waals surface area contributed by atoms with Crippen molar-refractivity contribution in [1.29, 1.82) is 0 Å². The van der Waals surface area contributed by atoms with E-state index in [4.69, 9.17) is 21.1 Å². The minimum absolute atomic E-state index is 0.176. The van der Waals surface area contributed by atoms with E-state index in [0.717, 1.165) is 15.6 Å². The molecule has 0 aromatic heterocycles.